The fourth-order valence-corrected chi connectivity index (χ4v) is 2.83. The molecule has 5 heteroatoms. The smallest absolute Gasteiger partial charge is 0.257 e. The summed E-state index contributed by atoms with van der Waals surface area (Å²) in [6.45, 7) is 4.11. The van der Waals surface area contributed by atoms with E-state index in [1.54, 1.807) is 6.20 Å². The number of hydrogen-bond acceptors (Lipinski definition) is 3. The summed E-state index contributed by atoms with van der Waals surface area (Å²) in [5.41, 5.74) is 2.36. The number of hydrogen-bond donors (Lipinski definition) is 1. The van der Waals surface area contributed by atoms with E-state index in [-0.39, 0.29) is 12.0 Å². The Labute approximate surface area is 130 Å². The molecule has 1 saturated heterocycles. The minimum atomic E-state index is 0.00519. The van der Waals surface area contributed by atoms with E-state index < -0.39 is 0 Å². The van der Waals surface area contributed by atoms with E-state index in [0.717, 1.165) is 30.7 Å². The highest BCUT2D eigenvalue weighted by molar-refractivity contribution is 5.99. The number of aromatic nitrogens is 2. The number of nitrogens with one attached hydrogen (secondary N) is 1. The fraction of sp³-hybridized carbons (Fsp3) is 0.412. The molecular formula is C17H21N3O2. The quantitative estimate of drug-likeness (QED) is 0.923. The van der Waals surface area contributed by atoms with Gasteiger partial charge in [-0.15, -0.1) is 0 Å². The Hall–Kier alpha value is -2.14. The van der Waals surface area contributed by atoms with Crippen molar-refractivity contribution >= 4 is 5.91 Å². The second kappa shape index (κ2) is 6.75. The lowest BCUT2D eigenvalue weighted by Crippen LogP contribution is -2.37. The van der Waals surface area contributed by atoms with Gasteiger partial charge in [0.1, 0.15) is 0 Å². The van der Waals surface area contributed by atoms with Gasteiger partial charge in [-0.05, 0) is 19.8 Å². The van der Waals surface area contributed by atoms with E-state index in [1.807, 2.05) is 42.2 Å². The first-order chi connectivity index (χ1) is 10.8. The highest BCUT2D eigenvalue weighted by Gasteiger charge is 2.25. The van der Waals surface area contributed by atoms with Gasteiger partial charge < -0.3 is 9.64 Å². The van der Waals surface area contributed by atoms with E-state index in [4.69, 9.17) is 4.74 Å². The van der Waals surface area contributed by atoms with Crippen LogP contribution < -0.4 is 0 Å². The van der Waals surface area contributed by atoms with Crippen molar-refractivity contribution in [2.24, 2.45) is 0 Å². The van der Waals surface area contributed by atoms with E-state index in [0.29, 0.717) is 18.7 Å². The minimum absolute atomic E-state index is 0.00519. The van der Waals surface area contributed by atoms with E-state index in [9.17, 15) is 4.79 Å². The molecule has 1 atom stereocenters. The van der Waals surface area contributed by atoms with Gasteiger partial charge in [-0.2, -0.15) is 5.10 Å². The molecule has 2 aromatic rings. The number of H-pyrrole nitrogens is 1. The number of nitrogens with zero attached hydrogens (tertiary/aromatic N) is 2. The van der Waals surface area contributed by atoms with Crippen LogP contribution in [0.1, 0.15) is 30.1 Å². The molecule has 1 aliphatic heterocycles. The van der Waals surface area contributed by atoms with Gasteiger partial charge in [0, 0.05) is 25.3 Å². The van der Waals surface area contributed by atoms with Gasteiger partial charge in [0.05, 0.1) is 23.6 Å². The number of carbonyl (C=O) groups excluding carboxylic acids is 1. The predicted molar refractivity (Wildman–Crippen MR) is 84.6 cm³/mol. The first-order valence-electron chi connectivity index (χ1n) is 7.79. The molecule has 1 N–H and O–H groups in total. The first-order valence-corrected chi connectivity index (χ1v) is 7.79. The maximum atomic E-state index is 12.8. The van der Waals surface area contributed by atoms with Crippen LogP contribution in [-0.4, -0.2) is 46.8 Å². The molecule has 1 aromatic carbocycles. The largest absolute Gasteiger partial charge is 0.376 e. The lowest BCUT2D eigenvalue weighted by atomic mass is 10.1. The zero-order valence-corrected chi connectivity index (χ0v) is 12.8. The molecular weight excluding hydrogens is 278 g/mol. The second-order valence-electron chi connectivity index (χ2n) is 5.50. The molecule has 0 radical (unpaired) electrons. The Kier molecular flexibility index (Phi) is 4.53. The van der Waals surface area contributed by atoms with Crippen LogP contribution in [0.3, 0.4) is 0 Å². The Morgan fingerprint density at radius 3 is 2.91 bits per heavy atom. The number of rotatable bonds is 5. The number of benzene rings is 1. The van der Waals surface area contributed by atoms with E-state index >= 15 is 0 Å². The van der Waals surface area contributed by atoms with Crippen LogP contribution in [-0.2, 0) is 4.74 Å². The molecule has 1 aliphatic rings. The highest BCUT2D eigenvalue weighted by Crippen LogP contribution is 2.23. The minimum Gasteiger partial charge on any atom is -0.376 e. The van der Waals surface area contributed by atoms with Crippen LogP contribution in [0, 0.1) is 0 Å². The van der Waals surface area contributed by atoms with Gasteiger partial charge in [-0.25, -0.2) is 0 Å². The topological polar surface area (TPSA) is 58.2 Å². The van der Waals surface area contributed by atoms with Crippen LogP contribution in [0.2, 0.25) is 0 Å². The third kappa shape index (κ3) is 3.04. The van der Waals surface area contributed by atoms with Gasteiger partial charge in [-0.1, -0.05) is 30.3 Å². The predicted octanol–water partition coefficient (Wildman–Crippen LogP) is 2.72. The summed E-state index contributed by atoms with van der Waals surface area (Å²) in [5.74, 6) is 0.00519. The molecule has 0 spiro atoms. The monoisotopic (exact) mass is 299 g/mol. The third-order valence-corrected chi connectivity index (χ3v) is 4.05. The molecule has 2 heterocycles. The van der Waals surface area contributed by atoms with Crippen molar-refractivity contribution in [1.29, 1.82) is 0 Å². The summed E-state index contributed by atoms with van der Waals surface area (Å²) < 4.78 is 5.65. The molecule has 116 valence electrons. The average molecular weight is 299 g/mol. The number of ether oxygens (including phenoxy) is 1. The number of amides is 1. The van der Waals surface area contributed by atoms with Gasteiger partial charge in [-0.3, -0.25) is 9.89 Å². The molecule has 0 saturated carbocycles. The molecule has 3 rings (SSSR count). The van der Waals surface area contributed by atoms with Crippen molar-refractivity contribution < 1.29 is 9.53 Å². The SMILES string of the molecule is CCN(C[C@H]1CCCO1)C(=O)c1cn[nH]c1-c1ccccc1. The van der Waals surface area contributed by atoms with Crippen LogP contribution in [0.5, 0.6) is 0 Å². The highest BCUT2D eigenvalue weighted by atomic mass is 16.5. The van der Waals surface area contributed by atoms with Crippen LogP contribution in [0.15, 0.2) is 36.5 Å². The summed E-state index contributed by atoms with van der Waals surface area (Å²) in [4.78, 5) is 14.7. The van der Waals surface area contributed by atoms with Crippen LogP contribution in [0.4, 0.5) is 0 Å². The maximum absolute atomic E-state index is 12.8. The summed E-state index contributed by atoms with van der Waals surface area (Å²) in [6.07, 6.45) is 3.89. The van der Waals surface area contributed by atoms with Crippen molar-refractivity contribution in [3.8, 4) is 11.3 Å². The zero-order valence-electron chi connectivity index (χ0n) is 12.8. The van der Waals surface area contributed by atoms with Crippen LogP contribution >= 0.6 is 0 Å². The Bertz CT molecular complexity index is 618. The molecule has 5 nitrogen and oxygen atoms in total. The summed E-state index contributed by atoms with van der Waals surface area (Å²) in [6, 6.07) is 9.81. The lowest BCUT2D eigenvalue weighted by molar-refractivity contribution is 0.0540. The van der Waals surface area contributed by atoms with E-state index in [2.05, 4.69) is 10.2 Å². The molecule has 22 heavy (non-hydrogen) atoms. The summed E-state index contributed by atoms with van der Waals surface area (Å²) in [7, 11) is 0. The molecule has 0 aliphatic carbocycles. The van der Waals surface area contributed by atoms with Crippen molar-refractivity contribution in [3.05, 3.63) is 42.1 Å². The second-order valence-corrected chi connectivity index (χ2v) is 5.50. The number of likely N-dealkylation sites (N-methyl/N-ethyl adjacent to an activating group) is 1. The van der Waals surface area contributed by atoms with Crippen molar-refractivity contribution in [1.82, 2.24) is 15.1 Å². The molecule has 1 amide bonds. The Balaban J connectivity index is 1.80. The Morgan fingerprint density at radius 1 is 1.41 bits per heavy atom. The molecule has 1 fully saturated rings. The standard InChI is InChI=1S/C17H21N3O2/c1-2-20(12-14-9-6-10-22-14)17(21)15-11-18-19-16(15)13-7-4-3-5-8-13/h3-5,7-8,11,14H,2,6,9-10,12H2,1H3,(H,18,19)/t14-/m1/s1. The van der Waals surface area contributed by atoms with Gasteiger partial charge in [0.25, 0.3) is 5.91 Å². The van der Waals surface area contributed by atoms with E-state index in [1.165, 1.54) is 0 Å². The third-order valence-electron chi connectivity index (χ3n) is 4.05. The first kappa shape index (κ1) is 14.8. The van der Waals surface area contributed by atoms with Crippen LogP contribution in [0.25, 0.3) is 11.3 Å². The van der Waals surface area contributed by atoms with Gasteiger partial charge in [0.2, 0.25) is 0 Å². The molecule has 0 bridgehead atoms. The van der Waals surface area contributed by atoms with Crippen molar-refractivity contribution in [3.63, 3.8) is 0 Å². The lowest BCUT2D eigenvalue weighted by Gasteiger charge is -2.24. The van der Waals surface area contributed by atoms with Crippen molar-refractivity contribution in [2.75, 3.05) is 19.7 Å². The molecule has 1 aromatic heterocycles. The zero-order chi connectivity index (χ0) is 15.4. The number of aromatic amines is 1. The number of carbonyl (C=O) groups is 1. The van der Waals surface area contributed by atoms with Gasteiger partial charge >= 0.3 is 0 Å². The van der Waals surface area contributed by atoms with Gasteiger partial charge in [0.15, 0.2) is 0 Å². The average Bonchev–Trinajstić information content (AvgIpc) is 3.24. The maximum Gasteiger partial charge on any atom is 0.257 e. The van der Waals surface area contributed by atoms with Crippen molar-refractivity contribution in [2.45, 2.75) is 25.9 Å². The normalized spacial score (nSPS) is 17.6. The summed E-state index contributed by atoms with van der Waals surface area (Å²) >= 11 is 0. The fourth-order valence-electron chi connectivity index (χ4n) is 2.83. The summed E-state index contributed by atoms with van der Waals surface area (Å²) in [5, 5.41) is 7.01. The Morgan fingerprint density at radius 2 is 2.23 bits per heavy atom. The molecule has 0 unspecified atom stereocenters.